The van der Waals surface area contributed by atoms with Gasteiger partial charge in [-0.15, -0.1) is 5.10 Å². The molecule has 0 aromatic carbocycles. The average Bonchev–Trinajstić information content (AvgIpc) is 3.45. The summed E-state index contributed by atoms with van der Waals surface area (Å²) < 4.78 is 2.37. The number of nitrogens with one attached hydrogen (secondary N) is 2. The summed E-state index contributed by atoms with van der Waals surface area (Å²) in [4.78, 5) is 31.9. The molecule has 2 aliphatic rings. The van der Waals surface area contributed by atoms with Crippen LogP contribution >= 0.6 is 15.9 Å². The number of halogens is 1. The maximum Gasteiger partial charge on any atom is 0.278 e. The summed E-state index contributed by atoms with van der Waals surface area (Å²) in [7, 11) is 0. The Morgan fingerprint density at radius 3 is 2.90 bits per heavy atom. The molecule has 2 bridgehead atoms. The van der Waals surface area contributed by atoms with E-state index in [-0.39, 0.29) is 11.6 Å². The highest BCUT2D eigenvalue weighted by atomic mass is 79.9. The minimum absolute atomic E-state index is 0.0645. The number of anilines is 2. The minimum Gasteiger partial charge on any atom is -0.324 e. The summed E-state index contributed by atoms with van der Waals surface area (Å²) in [5.74, 6) is 0.291. The van der Waals surface area contributed by atoms with Crippen molar-refractivity contribution >= 4 is 44.6 Å². The number of fused-ring (bicyclic) bond motifs is 3. The smallest absolute Gasteiger partial charge is 0.278 e. The minimum atomic E-state index is -0.390. The van der Waals surface area contributed by atoms with Crippen LogP contribution < -0.4 is 10.6 Å². The summed E-state index contributed by atoms with van der Waals surface area (Å²) in [5.41, 5.74) is 2.51. The quantitative estimate of drug-likeness (QED) is 0.577. The van der Waals surface area contributed by atoms with Gasteiger partial charge in [-0.1, -0.05) is 5.21 Å². The van der Waals surface area contributed by atoms with Crippen LogP contribution in [0, 0.1) is 12.8 Å². The zero-order valence-electron chi connectivity index (χ0n) is 17.0. The Morgan fingerprint density at radius 2 is 2.13 bits per heavy atom. The van der Waals surface area contributed by atoms with Crippen molar-refractivity contribution in [3.8, 4) is 0 Å². The summed E-state index contributed by atoms with van der Waals surface area (Å²) >= 11 is 3.37. The summed E-state index contributed by atoms with van der Waals surface area (Å²) in [6.07, 6.45) is 7.02. The number of hydrogen-bond acceptors (Lipinski definition) is 6. The lowest BCUT2D eigenvalue weighted by Crippen LogP contribution is -2.38. The number of aromatic nitrogens is 4. The number of carbonyl (C=O) groups is 2. The van der Waals surface area contributed by atoms with Crippen molar-refractivity contribution in [1.82, 2.24) is 24.7 Å². The van der Waals surface area contributed by atoms with Crippen LogP contribution in [0.1, 0.15) is 35.4 Å². The first kappa shape index (κ1) is 20.1. The number of rotatable bonds is 5. The second kappa shape index (κ2) is 8.01. The molecule has 9 nitrogen and oxygen atoms in total. The molecule has 160 valence electrons. The fraction of sp³-hybridized carbons (Fsp3) is 0.381. The first-order valence-corrected chi connectivity index (χ1v) is 11.1. The molecule has 1 aliphatic heterocycles. The number of carbonyl (C=O) groups excluding carboxylic acids is 2. The van der Waals surface area contributed by atoms with E-state index in [9.17, 15) is 9.59 Å². The molecule has 2 amide bonds. The van der Waals surface area contributed by atoms with Gasteiger partial charge in [0.15, 0.2) is 5.69 Å². The third-order valence-electron chi connectivity index (χ3n) is 6.08. The maximum absolute atomic E-state index is 12.8. The fourth-order valence-corrected chi connectivity index (χ4v) is 4.87. The molecule has 3 aromatic heterocycles. The van der Waals surface area contributed by atoms with Gasteiger partial charge in [-0.2, -0.15) is 0 Å². The van der Waals surface area contributed by atoms with Gasteiger partial charge in [-0.25, -0.2) is 4.52 Å². The molecule has 0 spiro atoms. The Hall–Kier alpha value is -2.85. The number of nitrogens with zero attached hydrogens (tertiary/aromatic N) is 5. The normalized spacial score (nSPS) is 20.3. The lowest BCUT2D eigenvalue weighted by molar-refractivity contribution is -0.117. The van der Waals surface area contributed by atoms with Crippen molar-refractivity contribution < 1.29 is 9.59 Å². The average molecular weight is 484 g/mol. The van der Waals surface area contributed by atoms with E-state index < -0.39 is 5.91 Å². The molecule has 2 atom stereocenters. The lowest BCUT2D eigenvalue weighted by atomic mass is 10.1. The third kappa shape index (κ3) is 4.05. The number of piperidine rings is 1. The molecule has 2 unspecified atom stereocenters. The van der Waals surface area contributed by atoms with E-state index in [0.29, 0.717) is 35.2 Å². The highest BCUT2D eigenvalue weighted by Gasteiger charge is 2.38. The van der Waals surface area contributed by atoms with Gasteiger partial charge >= 0.3 is 0 Å². The molecule has 1 aliphatic carbocycles. The molecule has 2 fully saturated rings. The second-order valence-electron chi connectivity index (χ2n) is 8.24. The Morgan fingerprint density at radius 1 is 1.26 bits per heavy atom. The highest BCUT2D eigenvalue weighted by Crippen LogP contribution is 2.37. The number of aryl methyl sites for hydroxylation is 1. The molecule has 3 aromatic rings. The van der Waals surface area contributed by atoms with Crippen molar-refractivity contribution in [2.24, 2.45) is 5.92 Å². The van der Waals surface area contributed by atoms with Crippen LogP contribution in [0.25, 0.3) is 5.52 Å². The van der Waals surface area contributed by atoms with Crippen LogP contribution in [0.3, 0.4) is 0 Å². The molecule has 31 heavy (non-hydrogen) atoms. The van der Waals surface area contributed by atoms with Gasteiger partial charge in [0.25, 0.3) is 5.91 Å². The zero-order valence-corrected chi connectivity index (χ0v) is 18.6. The van der Waals surface area contributed by atoms with Gasteiger partial charge in [0.2, 0.25) is 5.91 Å². The first-order chi connectivity index (χ1) is 15.0. The Labute approximate surface area is 187 Å². The molecule has 2 N–H and O–H groups in total. The Bertz CT molecular complexity index is 1180. The van der Waals surface area contributed by atoms with Gasteiger partial charge in [0.1, 0.15) is 0 Å². The summed E-state index contributed by atoms with van der Waals surface area (Å²) in [6, 6.07) is 5.85. The third-order valence-corrected chi connectivity index (χ3v) is 6.55. The zero-order chi connectivity index (χ0) is 21.5. The van der Waals surface area contributed by atoms with Gasteiger partial charge in [0, 0.05) is 23.3 Å². The standard InChI is InChI=1S/C21H22BrN7O2/c1-12-17(25-21(31)20-18-5-3-14(22)10-29(18)27-26-20)7-15(8-23-12)24-19(30)11-28-9-13-2-4-16(28)6-13/h3,5,7-8,10,13,16H,2,4,6,9,11H2,1H3,(H,24,30)(H,25,31). The van der Waals surface area contributed by atoms with Gasteiger partial charge < -0.3 is 10.6 Å². The molecule has 1 saturated carbocycles. The summed E-state index contributed by atoms with van der Waals surface area (Å²) in [6.45, 7) is 3.19. The van der Waals surface area contributed by atoms with Crippen molar-refractivity contribution in [2.45, 2.75) is 32.2 Å². The van der Waals surface area contributed by atoms with E-state index >= 15 is 0 Å². The van der Waals surface area contributed by atoms with E-state index in [1.165, 1.54) is 23.8 Å². The Kier molecular flexibility index (Phi) is 5.19. The van der Waals surface area contributed by atoms with E-state index in [4.69, 9.17) is 0 Å². The van der Waals surface area contributed by atoms with E-state index in [1.807, 2.05) is 6.07 Å². The highest BCUT2D eigenvalue weighted by molar-refractivity contribution is 9.10. The predicted molar refractivity (Wildman–Crippen MR) is 119 cm³/mol. The van der Waals surface area contributed by atoms with Gasteiger partial charge in [-0.05, 0) is 66.2 Å². The van der Waals surface area contributed by atoms with E-state index in [1.54, 1.807) is 31.5 Å². The van der Waals surface area contributed by atoms with Crippen molar-refractivity contribution in [3.63, 3.8) is 0 Å². The van der Waals surface area contributed by atoms with E-state index in [2.05, 4.69) is 46.8 Å². The topological polar surface area (TPSA) is 105 Å². The van der Waals surface area contributed by atoms with Crippen LogP contribution in [-0.2, 0) is 4.79 Å². The summed E-state index contributed by atoms with van der Waals surface area (Å²) in [5, 5.41) is 13.7. The van der Waals surface area contributed by atoms with Crippen LogP contribution in [0.15, 0.2) is 35.1 Å². The van der Waals surface area contributed by atoms with Crippen molar-refractivity contribution in [2.75, 3.05) is 23.7 Å². The fourth-order valence-electron chi connectivity index (χ4n) is 4.55. The predicted octanol–water partition coefficient (Wildman–Crippen LogP) is 2.87. The lowest BCUT2D eigenvalue weighted by Gasteiger charge is -2.25. The molecular weight excluding hydrogens is 462 g/mol. The number of pyridine rings is 2. The maximum atomic E-state index is 12.8. The van der Waals surface area contributed by atoms with Gasteiger partial charge in [-0.3, -0.25) is 19.5 Å². The number of likely N-dealkylation sites (tertiary alicyclic amines) is 1. The largest absolute Gasteiger partial charge is 0.324 e. The van der Waals surface area contributed by atoms with Crippen LogP contribution in [0.5, 0.6) is 0 Å². The van der Waals surface area contributed by atoms with Crippen LogP contribution in [0.2, 0.25) is 0 Å². The van der Waals surface area contributed by atoms with Gasteiger partial charge in [0.05, 0.1) is 35.3 Å². The van der Waals surface area contributed by atoms with Crippen molar-refractivity contribution in [1.29, 1.82) is 0 Å². The molecule has 5 rings (SSSR count). The number of amides is 2. The molecule has 4 heterocycles. The number of hydrogen-bond donors (Lipinski definition) is 2. The van der Waals surface area contributed by atoms with Crippen molar-refractivity contribution in [3.05, 3.63) is 46.5 Å². The molecule has 0 radical (unpaired) electrons. The van der Waals surface area contributed by atoms with Crippen LogP contribution in [0.4, 0.5) is 11.4 Å². The molecular formula is C21H22BrN7O2. The SMILES string of the molecule is Cc1ncc(NC(=O)CN2CC3CCC2C3)cc1NC(=O)c1nnn2cc(Br)ccc12. The second-order valence-corrected chi connectivity index (χ2v) is 9.15. The first-order valence-electron chi connectivity index (χ1n) is 10.3. The Balaban J connectivity index is 1.28. The van der Waals surface area contributed by atoms with E-state index in [0.717, 1.165) is 16.9 Å². The monoisotopic (exact) mass is 483 g/mol. The molecule has 10 heteroatoms. The van der Waals surface area contributed by atoms with Crippen LogP contribution in [-0.4, -0.2) is 55.7 Å². The molecule has 1 saturated heterocycles.